The number of amides is 1. The highest BCUT2D eigenvalue weighted by Crippen LogP contribution is 2.23. The molecular weight excluding hydrogens is 420 g/mol. The molecule has 2 N–H and O–H groups in total. The molecule has 2 aromatic carbocycles. The molecule has 0 radical (unpaired) electrons. The van der Waals surface area contributed by atoms with Gasteiger partial charge in [0, 0.05) is 11.3 Å². The fraction of sp³-hybridized carbons (Fsp3) is 0.280. The molecule has 8 heteroatoms. The van der Waals surface area contributed by atoms with Gasteiger partial charge in [0.15, 0.2) is 0 Å². The van der Waals surface area contributed by atoms with Crippen molar-refractivity contribution < 1.29 is 14.3 Å². The first kappa shape index (κ1) is 23.7. The van der Waals surface area contributed by atoms with Crippen molar-refractivity contribution in [2.75, 3.05) is 7.11 Å². The summed E-state index contributed by atoms with van der Waals surface area (Å²) in [6, 6.07) is 13.8. The molecule has 0 atom stereocenters. The maximum absolute atomic E-state index is 13.1. The average Bonchev–Trinajstić information content (AvgIpc) is 3.10. The molecule has 0 bridgehead atoms. The summed E-state index contributed by atoms with van der Waals surface area (Å²) in [4.78, 5) is 37.0. The highest BCUT2D eigenvalue weighted by Gasteiger charge is 2.17. The number of aromatic nitrogens is 2. The van der Waals surface area contributed by atoms with Crippen LogP contribution in [-0.4, -0.2) is 34.5 Å². The number of ether oxygens (including phenoxy) is 1. The van der Waals surface area contributed by atoms with Gasteiger partial charge in [0.25, 0.3) is 11.5 Å². The van der Waals surface area contributed by atoms with Gasteiger partial charge in [-0.1, -0.05) is 32.9 Å². The van der Waals surface area contributed by atoms with Crippen LogP contribution in [0.5, 0.6) is 0 Å². The molecule has 0 saturated heterocycles. The molecule has 0 aliphatic carbocycles. The molecule has 0 saturated carbocycles. The van der Waals surface area contributed by atoms with Gasteiger partial charge in [-0.3, -0.25) is 14.7 Å². The number of benzene rings is 2. The van der Waals surface area contributed by atoms with Gasteiger partial charge < -0.3 is 4.74 Å². The van der Waals surface area contributed by atoms with Gasteiger partial charge in [-0.25, -0.2) is 14.9 Å². The number of aromatic amines is 1. The van der Waals surface area contributed by atoms with Gasteiger partial charge >= 0.3 is 5.97 Å². The molecule has 0 unspecified atom stereocenters. The van der Waals surface area contributed by atoms with E-state index in [0.29, 0.717) is 33.8 Å². The third kappa shape index (κ3) is 5.11. The Labute approximate surface area is 192 Å². The van der Waals surface area contributed by atoms with Gasteiger partial charge in [-0.05, 0) is 61.2 Å². The van der Waals surface area contributed by atoms with Crippen LogP contribution < -0.4 is 11.0 Å². The van der Waals surface area contributed by atoms with Crippen molar-refractivity contribution in [3.05, 3.63) is 86.8 Å². The summed E-state index contributed by atoms with van der Waals surface area (Å²) in [5.74, 6) is -0.944. The zero-order chi connectivity index (χ0) is 24.3. The fourth-order valence-corrected chi connectivity index (χ4v) is 3.40. The van der Waals surface area contributed by atoms with Crippen molar-refractivity contribution in [3.63, 3.8) is 0 Å². The number of nitrogens with zero attached hydrogens (tertiary/aromatic N) is 2. The molecule has 3 rings (SSSR count). The molecule has 1 heterocycles. The molecular formula is C25H28N4O4. The number of carbonyl (C=O) groups excluding carboxylic acids is 2. The van der Waals surface area contributed by atoms with E-state index in [4.69, 9.17) is 0 Å². The van der Waals surface area contributed by atoms with Crippen LogP contribution in [0.2, 0.25) is 0 Å². The van der Waals surface area contributed by atoms with Crippen molar-refractivity contribution in [3.8, 4) is 5.69 Å². The van der Waals surface area contributed by atoms with Crippen molar-refractivity contribution in [2.45, 2.75) is 40.0 Å². The number of hydrogen-bond acceptors (Lipinski definition) is 5. The SMILES string of the molecule is COC(=O)c1ccc(C(=O)N/N=C(\C)c2c(C)[nH]n(-c3ccc(C(C)(C)C)cc3)c2=O)cc1. The summed E-state index contributed by atoms with van der Waals surface area (Å²) in [5.41, 5.74) is 6.16. The van der Waals surface area contributed by atoms with Crippen LogP contribution in [0.3, 0.4) is 0 Å². The number of hydrogen-bond donors (Lipinski definition) is 2. The quantitative estimate of drug-likeness (QED) is 0.353. The first-order chi connectivity index (χ1) is 15.5. The molecule has 0 fully saturated rings. The molecule has 0 aliphatic rings. The van der Waals surface area contributed by atoms with E-state index in [0.717, 1.165) is 0 Å². The Morgan fingerprint density at radius 1 is 1.00 bits per heavy atom. The maximum atomic E-state index is 13.1. The molecule has 33 heavy (non-hydrogen) atoms. The standard InChI is InChI=1S/C25H28N4O4/c1-15(26-27-22(30)17-7-9-18(10-8-17)24(32)33-6)21-16(2)28-29(23(21)31)20-13-11-19(12-14-20)25(3,4)5/h7-14,28H,1-6H3,(H,27,30)/b26-15+. The highest BCUT2D eigenvalue weighted by atomic mass is 16.5. The first-order valence-corrected chi connectivity index (χ1v) is 10.5. The predicted octanol–water partition coefficient (Wildman–Crippen LogP) is 3.71. The summed E-state index contributed by atoms with van der Waals surface area (Å²) in [6.45, 7) is 9.83. The summed E-state index contributed by atoms with van der Waals surface area (Å²) in [6.07, 6.45) is 0. The monoisotopic (exact) mass is 448 g/mol. The van der Waals surface area contributed by atoms with Crippen LogP contribution in [0.1, 0.15) is 65.2 Å². The van der Waals surface area contributed by atoms with Gasteiger partial charge in [0.2, 0.25) is 0 Å². The Hall–Kier alpha value is -3.94. The summed E-state index contributed by atoms with van der Waals surface area (Å²) >= 11 is 0. The minimum absolute atomic E-state index is 0.0153. The molecule has 1 amide bonds. The van der Waals surface area contributed by atoms with E-state index in [1.54, 1.807) is 13.8 Å². The lowest BCUT2D eigenvalue weighted by molar-refractivity contribution is 0.0600. The predicted molar refractivity (Wildman–Crippen MR) is 127 cm³/mol. The second-order valence-corrected chi connectivity index (χ2v) is 8.76. The van der Waals surface area contributed by atoms with Crippen molar-refractivity contribution in [2.24, 2.45) is 5.10 Å². The Balaban J connectivity index is 1.81. The number of carbonyl (C=O) groups is 2. The second-order valence-electron chi connectivity index (χ2n) is 8.76. The van der Waals surface area contributed by atoms with E-state index in [-0.39, 0.29) is 11.0 Å². The Bertz CT molecular complexity index is 1260. The molecule has 1 aromatic heterocycles. The second kappa shape index (κ2) is 9.28. The molecule has 172 valence electrons. The van der Waals surface area contributed by atoms with E-state index in [1.165, 1.54) is 41.6 Å². The number of H-pyrrole nitrogens is 1. The number of aryl methyl sites for hydroxylation is 1. The third-order valence-corrected chi connectivity index (χ3v) is 5.32. The van der Waals surface area contributed by atoms with E-state index in [1.807, 2.05) is 24.3 Å². The molecule has 0 spiro atoms. The highest BCUT2D eigenvalue weighted by molar-refractivity contribution is 6.01. The molecule has 0 aliphatic heterocycles. The Morgan fingerprint density at radius 3 is 2.12 bits per heavy atom. The lowest BCUT2D eigenvalue weighted by Crippen LogP contribution is -2.23. The van der Waals surface area contributed by atoms with E-state index in [9.17, 15) is 14.4 Å². The summed E-state index contributed by atoms with van der Waals surface area (Å²) in [7, 11) is 1.29. The zero-order valence-corrected chi connectivity index (χ0v) is 19.6. The van der Waals surface area contributed by atoms with Crippen LogP contribution in [0.25, 0.3) is 5.69 Å². The maximum Gasteiger partial charge on any atom is 0.337 e. The van der Waals surface area contributed by atoms with Crippen molar-refractivity contribution >= 4 is 17.6 Å². The Kier molecular flexibility index (Phi) is 6.67. The van der Waals surface area contributed by atoms with Crippen LogP contribution in [0.4, 0.5) is 0 Å². The van der Waals surface area contributed by atoms with E-state index in [2.05, 4.69) is 41.1 Å². The number of nitrogens with one attached hydrogen (secondary N) is 2. The molecule has 3 aromatic rings. The van der Waals surface area contributed by atoms with Crippen molar-refractivity contribution in [1.29, 1.82) is 0 Å². The minimum Gasteiger partial charge on any atom is -0.465 e. The average molecular weight is 449 g/mol. The number of methoxy groups -OCH3 is 1. The van der Waals surface area contributed by atoms with Crippen LogP contribution >= 0.6 is 0 Å². The fourth-order valence-electron chi connectivity index (χ4n) is 3.40. The van der Waals surface area contributed by atoms with Gasteiger partial charge in [-0.15, -0.1) is 0 Å². The topological polar surface area (TPSA) is 106 Å². The van der Waals surface area contributed by atoms with Gasteiger partial charge in [0.05, 0.1) is 29.6 Å². The first-order valence-electron chi connectivity index (χ1n) is 10.5. The van der Waals surface area contributed by atoms with Crippen LogP contribution in [0, 0.1) is 6.92 Å². The lowest BCUT2D eigenvalue weighted by Gasteiger charge is -2.19. The lowest BCUT2D eigenvalue weighted by atomic mass is 9.87. The Morgan fingerprint density at radius 2 is 1.58 bits per heavy atom. The number of rotatable bonds is 5. The minimum atomic E-state index is -0.483. The van der Waals surface area contributed by atoms with Crippen LogP contribution in [-0.2, 0) is 10.2 Å². The summed E-state index contributed by atoms with van der Waals surface area (Å²) < 4.78 is 6.11. The normalized spacial score (nSPS) is 11.9. The summed E-state index contributed by atoms with van der Waals surface area (Å²) in [5, 5.41) is 7.19. The van der Waals surface area contributed by atoms with Crippen LogP contribution in [0.15, 0.2) is 58.4 Å². The van der Waals surface area contributed by atoms with Gasteiger partial charge in [-0.2, -0.15) is 5.10 Å². The van der Waals surface area contributed by atoms with Crippen molar-refractivity contribution in [1.82, 2.24) is 15.2 Å². The van der Waals surface area contributed by atoms with E-state index < -0.39 is 11.9 Å². The number of esters is 1. The molecule has 8 nitrogen and oxygen atoms in total. The largest absolute Gasteiger partial charge is 0.465 e. The van der Waals surface area contributed by atoms with Gasteiger partial charge in [0.1, 0.15) is 0 Å². The zero-order valence-electron chi connectivity index (χ0n) is 19.6. The third-order valence-electron chi connectivity index (χ3n) is 5.32. The smallest absolute Gasteiger partial charge is 0.337 e. The number of hydrazone groups is 1. The van der Waals surface area contributed by atoms with E-state index >= 15 is 0 Å².